The van der Waals surface area contributed by atoms with E-state index in [4.69, 9.17) is 13.9 Å². The SMILES string of the molecule is COc1cccc(C(=O)N/N=C\c2ccc(-c3ccc(OC)cc3[N+](=O)[O-])o2)c1. The molecule has 0 aliphatic carbocycles. The summed E-state index contributed by atoms with van der Waals surface area (Å²) in [5, 5.41) is 15.2. The lowest BCUT2D eigenvalue weighted by atomic mass is 10.1. The minimum absolute atomic E-state index is 0.145. The standard InChI is InChI=1S/C20H17N3O6/c1-27-14-5-3-4-13(10-14)20(24)22-21-12-16-7-9-19(29-16)17-8-6-15(28-2)11-18(17)23(25)26/h3-12H,1-2H3,(H,22,24)/b21-12-. The van der Waals surface area contributed by atoms with E-state index < -0.39 is 10.8 Å². The minimum Gasteiger partial charge on any atom is -0.497 e. The number of amides is 1. The van der Waals surface area contributed by atoms with Crippen LogP contribution in [0.3, 0.4) is 0 Å². The van der Waals surface area contributed by atoms with E-state index in [0.29, 0.717) is 34.1 Å². The smallest absolute Gasteiger partial charge is 0.284 e. The highest BCUT2D eigenvalue weighted by atomic mass is 16.6. The third-order valence-electron chi connectivity index (χ3n) is 3.98. The van der Waals surface area contributed by atoms with E-state index in [2.05, 4.69) is 10.5 Å². The molecule has 1 heterocycles. The Labute approximate surface area is 165 Å². The topological polar surface area (TPSA) is 116 Å². The molecule has 0 atom stereocenters. The molecule has 0 aliphatic rings. The van der Waals surface area contributed by atoms with Crippen LogP contribution in [0.2, 0.25) is 0 Å². The van der Waals surface area contributed by atoms with Gasteiger partial charge < -0.3 is 13.9 Å². The van der Waals surface area contributed by atoms with Gasteiger partial charge in [-0.15, -0.1) is 0 Å². The third-order valence-corrected chi connectivity index (χ3v) is 3.98. The summed E-state index contributed by atoms with van der Waals surface area (Å²) in [7, 11) is 2.94. The van der Waals surface area contributed by atoms with E-state index in [9.17, 15) is 14.9 Å². The quantitative estimate of drug-likeness (QED) is 0.371. The molecule has 0 aliphatic heterocycles. The van der Waals surface area contributed by atoms with E-state index in [1.807, 2.05) is 0 Å². The number of carbonyl (C=O) groups is 1. The third kappa shape index (κ3) is 4.59. The number of hydrazone groups is 1. The molecule has 1 aromatic heterocycles. The number of carbonyl (C=O) groups excluding carboxylic acids is 1. The molecule has 3 aromatic rings. The van der Waals surface area contributed by atoms with Crippen LogP contribution in [0.1, 0.15) is 16.1 Å². The Morgan fingerprint density at radius 3 is 2.59 bits per heavy atom. The fraction of sp³-hybridized carbons (Fsp3) is 0.100. The van der Waals surface area contributed by atoms with Crippen LogP contribution in [0.5, 0.6) is 11.5 Å². The van der Waals surface area contributed by atoms with Crippen LogP contribution in [-0.2, 0) is 0 Å². The lowest BCUT2D eigenvalue weighted by molar-refractivity contribution is -0.384. The molecule has 0 saturated heterocycles. The Hall–Kier alpha value is -4.14. The summed E-state index contributed by atoms with van der Waals surface area (Å²) in [5.74, 6) is 1.11. The summed E-state index contributed by atoms with van der Waals surface area (Å²) in [4.78, 5) is 22.9. The Kier molecular flexibility index (Phi) is 5.88. The summed E-state index contributed by atoms with van der Waals surface area (Å²) >= 11 is 0. The van der Waals surface area contributed by atoms with Gasteiger partial charge >= 0.3 is 0 Å². The zero-order valence-electron chi connectivity index (χ0n) is 15.6. The number of rotatable bonds is 7. The molecular formula is C20H17N3O6. The molecule has 0 spiro atoms. The van der Waals surface area contributed by atoms with E-state index in [1.54, 1.807) is 48.5 Å². The van der Waals surface area contributed by atoms with Crippen molar-refractivity contribution in [3.8, 4) is 22.8 Å². The first-order valence-electron chi connectivity index (χ1n) is 8.42. The van der Waals surface area contributed by atoms with Crippen molar-refractivity contribution in [3.63, 3.8) is 0 Å². The second-order valence-electron chi connectivity index (χ2n) is 5.77. The number of ether oxygens (including phenoxy) is 2. The first kappa shape index (κ1) is 19.6. The summed E-state index contributed by atoms with van der Waals surface area (Å²) in [6.45, 7) is 0. The van der Waals surface area contributed by atoms with Crippen LogP contribution in [-0.4, -0.2) is 31.3 Å². The van der Waals surface area contributed by atoms with Crippen molar-refractivity contribution in [1.82, 2.24) is 5.43 Å². The molecule has 148 valence electrons. The number of benzene rings is 2. The van der Waals surface area contributed by atoms with Gasteiger partial charge in [0.05, 0.1) is 37.0 Å². The van der Waals surface area contributed by atoms with Gasteiger partial charge in [-0.05, 0) is 42.5 Å². The summed E-state index contributed by atoms with van der Waals surface area (Å²) < 4.78 is 15.7. The van der Waals surface area contributed by atoms with Gasteiger partial charge in [0.1, 0.15) is 23.0 Å². The average molecular weight is 395 g/mol. The Balaban J connectivity index is 1.73. The van der Waals surface area contributed by atoms with E-state index in [0.717, 1.165) is 0 Å². The molecule has 0 radical (unpaired) electrons. The fourth-order valence-electron chi connectivity index (χ4n) is 2.55. The number of furan rings is 1. The van der Waals surface area contributed by atoms with Crippen molar-refractivity contribution in [3.05, 3.63) is 76.0 Å². The molecule has 1 N–H and O–H groups in total. The molecule has 0 unspecified atom stereocenters. The first-order chi connectivity index (χ1) is 14.0. The lowest BCUT2D eigenvalue weighted by Crippen LogP contribution is -2.17. The van der Waals surface area contributed by atoms with Gasteiger partial charge in [0.2, 0.25) is 0 Å². The monoisotopic (exact) mass is 395 g/mol. The zero-order valence-corrected chi connectivity index (χ0v) is 15.6. The van der Waals surface area contributed by atoms with Gasteiger partial charge in [-0.25, -0.2) is 5.43 Å². The summed E-state index contributed by atoms with van der Waals surface area (Å²) in [5.41, 5.74) is 2.92. The van der Waals surface area contributed by atoms with E-state index in [-0.39, 0.29) is 5.69 Å². The van der Waals surface area contributed by atoms with Crippen LogP contribution >= 0.6 is 0 Å². The Morgan fingerprint density at radius 2 is 1.86 bits per heavy atom. The number of nitro benzene ring substituents is 1. The fourth-order valence-corrected chi connectivity index (χ4v) is 2.55. The molecular weight excluding hydrogens is 378 g/mol. The predicted octanol–water partition coefficient (Wildman–Crippen LogP) is 3.64. The van der Waals surface area contributed by atoms with Crippen molar-refractivity contribution in [2.45, 2.75) is 0 Å². The molecule has 0 saturated carbocycles. The number of hydrogen-bond donors (Lipinski definition) is 1. The highest BCUT2D eigenvalue weighted by Gasteiger charge is 2.19. The lowest BCUT2D eigenvalue weighted by Gasteiger charge is -2.03. The van der Waals surface area contributed by atoms with Crippen molar-refractivity contribution >= 4 is 17.8 Å². The zero-order chi connectivity index (χ0) is 20.8. The predicted molar refractivity (Wildman–Crippen MR) is 105 cm³/mol. The molecule has 9 nitrogen and oxygen atoms in total. The molecule has 3 rings (SSSR count). The van der Waals surface area contributed by atoms with Crippen molar-refractivity contribution in [2.24, 2.45) is 5.10 Å². The largest absolute Gasteiger partial charge is 0.497 e. The van der Waals surface area contributed by atoms with Gasteiger partial charge in [0.25, 0.3) is 11.6 Å². The van der Waals surface area contributed by atoms with Crippen molar-refractivity contribution in [1.29, 1.82) is 0 Å². The number of nitrogens with zero attached hydrogens (tertiary/aromatic N) is 2. The van der Waals surface area contributed by atoms with E-state index in [1.165, 1.54) is 26.5 Å². The normalized spacial score (nSPS) is 10.7. The van der Waals surface area contributed by atoms with Crippen molar-refractivity contribution in [2.75, 3.05) is 14.2 Å². The molecule has 29 heavy (non-hydrogen) atoms. The summed E-state index contributed by atoms with van der Waals surface area (Å²) in [6.07, 6.45) is 1.30. The summed E-state index contributed by atoms with van der Waals surface area (Å²) in [6, 6.07) is 14.3. The van der Waals surface area contributed by atoms with Crippen LogP contribution in [0.25, 0.3) is 11.3 Å². The number of nitro groups is 1. The molecule has 9 heteroatoms. The maximum Gasteiger partial charge on any atom is 0.284 e. The van der Waals surface area contributed by atoms with Crippen LogP contribution < -0.4 is 14.9 Å². The van der Waals surface area contributed by atoms with Gasteiger partial charge in [0, 0.05) is 5.56 Å². The average Bonchev–Trinajstić information content (AvgIpc) is 3.21. The van der Waals surface area contributed by atoms with Crippen LogP contribution in [0, 0.1) is 10.1 Å². The highest BCUT2D eigenvalue weighted by Crippen LogP contribution is 2.33. The van der Waals surface area contributed by atoms with Gasteiger partial charge in [-0.2, -0.15) is 5.10 Å². The second-order valence-corrected chi connectivity index (χ2v) is 5.77. The molecule has 0 bridgehead atoms. The second kappa shape index (κ2) is 8.70. The number of nitrogens with one attached hydrogen (secondary N) is 1. The highest BCUT2D eigenvalue weighted by molar-refractivity contribution is 5.95. The number of hydrogen-bond acceptors (Lipinski definition) is 7. The maximum absolute atomic E-state index is 12.1. The van der Waals surface area contributed by atoms with Gasteiger partial charge in [-0.3, -0.25) is 14.9 Å². The Bertz CT molecular complexity index is 1070. The van der Waals surface area contributed by atoms with Gasteiger partial charge in [0.15, 0.2) is 0 Å². The maximum atomic E-state index is 12.1. The van der Waals surface area contributed by atoms with Crippen molar-refractivity contribution < 1.29 is 23.6 Å². The minimum atomic E-state index is -0.511. The van der Waals surface area contributed by atoms with Gasteiger partial charge in [-0.1, -0.05) is 6.07 Å². The van der Waals surface area contributed by atoms with Crippen LogP contribution in [0.15, 0.2) is 64.1 Å². The molecule has 1 amide bonds. The Morgan fingerprint density at radius 1 is 1.10 bits per heavy atom. The molecule has 0 fully saturated rings. The van der Waals surface area contributed by atoms with E-state index >= 15 is 0 Å². The van der Waals surface area contributed by atoms with Crippen LogP contribution in [0.4, 0.5) is 5.69 Å². The number of methoxy groups -OCH3 is 2. The first-order valence-corrected chi connectivity index (χ1v) is 8.42. The molecule has 2 aromatic carbocycles.